The normalized spacial score (nSPS) is 18.3. The molecule has 8 nitrogen and oxygen atoms in total. The minimum Gasteiger partial charge on any atom is -0.304 e. The fraction of sp³-hybridized carbons (Fsp3) is 0.304. The van der Waals surface area contributed by atoms with E-state index >= 15 is 0 Å². The molecule has 2 aliphatic rings. The second-order valence-corrected chi connectivity index (χ2v) is 10.3. The Balaban J connectivity index is 1.24. The highest BCUT2D eigenvalue weighted by Gasteiger charge is 2.35. The summed E-state index contributed by atoms with van der Waals surface area (Å²) in [5.41, 5.74) is 5.35. The number of amides is 2. The topological polar surface area (TPSA) is 81.1 Å². The lowest BCUT2D eigenvalue weighted by atomic mass is 10.1. The molecule has 1 aromatic heterocycles. The monoisotopic (exact) mass is 480 g/mol. The lowest BCUT2D eigenvalue weighted by Gasteiger charge is -2.34. The van der Waals surface area contributed by atoms with Crippen LogP contribution in [0.5, 0.6) is 0 Å². The molecular formula is C23H24N6O2S2. The van der Waals surface area contributed by atoms with Gasteiger partial charge in [0.05, 0.1) is 28.3 Å². The molecule has 170 valence electrons. The Kier molecular flexibility index (Phi) is 6.41. The van der Waals surface area contributed by atoms with Gasteiger partial charge in [0.25, 0.3) is 11.8 Å². The van der Waals surface area contributed by atoms with E-state index in [1.807, 2.05) is 48.5 Å². The quantitative estimate of drug-likeness (QED) is 0.431. The average Bonchev–Trinajstić information content (AvgIpc) is 3.36. The van der Waals surface area contributed by atoms with E-state index in [0.29, 0.717) is 6.67 Å². The van der Waals surface area contributed by atoms with Crippen LogP contribution in [0.3, 0.4) is 0 Å². The number of hydrogen-bond donors (Lipinski definition) is 1. The molecule has 1 N–H and O–H groups in total. The zero-order valence-electron chi connectivity index (χ0n) is 18.2. The van der Waals surface area contributed by atoms with Crippen molar-refractivity contribution in [3.63, 3.8) is 0 Å². The van der Waals surface area contributed by atoms with Gasteiger partial charge in [-0.2, -0.15) is 5.10 Å². The Hall–Kier alpha value is -2.79. The highest BCUT2D eigenvalue weighted by molar-refractivity contribution is 8.01. The third-order valence-corrected chi connectivity index (χ3v) is 7.91. The Labute approximate surface area is 200 Å². The van der Waals surface area contributed by atoms with Crippen LogP contribution in [0.2, 0.25) is 0 Å². The van der Waals surface area contributed by atoms with Gasteiger partial charge < -0.3 is 4.90 Å². The molecule has 2 aromatic carbocycles. The van der Waals surface area contributed by atoms with Crippen molar-refractivity contribution in [2.75, 3.05) is 50.5 Å². The first-order valence-electron chi connectivity index (χ1n) is 10.8. The molecule has 0 unspecified atom stereocenters. The van der Waals surface area contributed by atoms with Gasteiger partial charge in [0.15, 0.2) is 10.1 Å². The summed E-state index contributed by atoms with van der Waals surface area (Å²) in [6.45, 7) is 4.30. The summed E-state index contributed by atoms with van der Waals surface area (Å²) in [4.78, 5) is 36.5. The summed E-state index contributed by atoms with van der Waals surface area (Å²) >= 11 is 2.93. The van der Waals surface area contributed by atoms with Crippen LogP contribution in [0.25, 0.3) is 10.2 Å². The first-order valence-corrected chi connectivity index (χ1v) is 12.6. The molecule has 33 heavy (non-hydrogen) atoms. The molecule has 3 aromatic rings. The summed E-state index contributed by atoms with van der Waals surface area (Å²) in [7, 11) is 2.11. The summed E-state index contributed by atoms with van der Waals surface area (Å²) < 4.78 is 1.92. The first kappa shape index (κ1) is 22.0. The van der Waals surface area contributed by atoms with E-state index in [0.717, 1.165) is 52.0 Å². The molecule has 1 saturated heterocycles. The Morgan fingerprint density at radius 1 is 1.12 bits per heavy atom. The molecular weight excluding hydrogens is 456 g/mol. The van der Waals surface area contributed by atoms with Crippen LogP contribution in [0.15, 0.2) is 58.0 Å². The number of hydrogen-bond acceptors (Lipinski definition) is 8. The third kappa shape index (κ3) is 4.79. The fourth-order valence-electron chi connectivity index (χ4n) is 3.89. The van der Waals surface area contributed by atoms with Gasteiger partial charge in [-0.25, -0.2) is 10.4 Å². The van der Waals surface area contributed by atoms with E-state index in [-0.39, 0.29) is 23.3 Å². The Morgan fingerprint density at radius 2 is 1.88 bits per heavy atom. The molecule has 0 bridgehead atoms. The number of carbonyl (C=O) groups is 2. The van der Waals surface area contributed by atoms with E-state index in [4.69, 9.17) is 0 Å². The number of carbonyl (C=O) groups excluding carboxylic acids is 2. The molecule has 0 saturated carbocycles. The van der Waals surface area contributed by atoms with E-state index in [2.05, 4.69) is 32.4 Å². The second kappa shape index (κ2) is 9.60. The Bertz CT molecular complexity index is 1190. The smallest absolute Gasteiger partial charge is 0.280 e. The standard InChI is InChI=1S/C23H24N6O2S2/c1-27-10-12-28(13-11-27)15-29-18-8-4-2-6-16(18)21(22(29)31)26-25-20(30)14-32-23-24-17-7-3-5-9-19(17)33-23/h2-9H,10-15H2,1H3,(H,25,30)/b26-21-. The molecule has 0 aliphatic carbocycles. The van der Waals surface area contributed by atoms with Crippen molar-refractivity contribution < 1.29 is 9.59 Å². The van der Waals surface area contributed by atoms with Crippen LogP contribution in [0.4, 0.5) is 5.69 Å². The predicted molar refractivity (Wildman–Crippen MR) is 133 cm³/mol. The van der Waals surface area contributed by atoms with Crippen molar-refractivity contribution >= 4 is 56.5 Å². The van der Waals surface area contributed by atoms with Crippen molar-refractivity contribution in [3.8, 4) is 0 Å². The number of likely N-dealkylation sites (N-methyl/N-ethyl adjacent to an activating group) is 1. The fourth-order valence-corrected chi connectivity index (χ4v) is 5.75. The second-order valence-electron chi connectivity index (χ2n) is 8.04. The number of aromatic nitrogens is 1. The minimum atomic E-state index is -0.269. The highest BCUT2D eigenvalue weighted by Crippen LogP contribution is 2.30. The molecule has 1 fully saturated rings. The van der Waals surface area contributed by atoms with Gasteiger partial charge in [0, 0.05) is 31.7 Å². The molecule has 5 rings (SSSR count). The number of nitrogens with zero attached hydrogens (tertiary/aromatic N) is 5. The van der Waals surface area contributed by atoms with E-state index < -0.39 is 0 Å². The number of piperazine rings is 1. The maximum absolute atomic E-state index is 13.2. The number of rotatable bonds is 6. The maximum atomic E-state index is 13.2. The molecule has 10 heteroatoms. The predicted octanol–water partition coefficient (Wildman–Crippen LogP) is 2.46. The third-order valence-electron chi connectivity index (χ3n) is 5.73. The molecule has 0 atom stereocenters. The van der Waals surface area contributed by atoms with Gasteiger partial charge in [0.1, 0.15) is 0 Å². The molecule has 0 radical (unpaired) electrons. The van der Waals surface area contributed by atoms with Crippen molar-refractivity contribution in [1.82, 2.24) is 20.2 Å². The van der Waals surface area contributed by atoms with Gasteiger partial charge in [-0.05, 0) is 25.2 Å². The number of benzene rings is 2. The van der Waals surface area contributed by atoms with E-state index in [9.17, 15) is 9.59 Å². The number of anilines is 1. The van der Waals surface area contributed by atoms with Gasteiger partial charge in [-0.15, -0.1) is 11.3 Å². The van der Waals surface area contributed by atoms with Crippen LogP contribution in [0, 0.1) is 0 Å². The van der Waals surface area contributed by atoms with E-state index in [1.165, 1.54) is 11.8 Å². The van der Waals surface area contributed by atoms with Crippen molar-refractivity contribution in [2.45, 2.75) is 4.34 Å². The van der Waals surface area contributed by atoms with E-state index in [1.54, 1.807) is 16.2 Å². The van der Waals surface area contributed by atoms with Gasteiger partial charge in [0.2, 0.25) is 0 Å². The summed E-state index contributed by atoms with van der Waals surface area (Å²) in [6.07, 6.45) is 0. The average molecular weight is 481 g/mol. The van der Waals surface area contributed by atoms with Crippen LogP contribution in [-0.2, 0) is 9.59 Å². The molecule has 2 aliphatic heterocycles. The summed E-state index contributed by atoms with van der Waals surface area (Å²) in [6, 6.07) is 15.5. The number of para-hydroxylation sites is 2. The minimum absolute atomic E-state index is 0.178. The largest absolute Gasteiger partial charge is 0.304 e. The van der Waals surface area contributed by atoms with Crippen molar-refractivity contribution in [2.24, 2.45) is 5.10 Å². The van der Waals surface area contributed by atoms with Crippen molar-refractivity contribution in [1.29, 1.82) is 0 Å². The van der Waals surface area contributed by atoms with Crippen LogP contribution in [-0.4, -0.2) is 78.0 Å². The van der Waals surface area contributed by atoms with Crippen LogP contribution >= 0.6 is 23.1 Å². The maximum Gasteiger partial charge on any atom is 0.280 e. The van der Waals surface area contributed by atoms with Crippen LogP contribution < -0.4 is 10.3 Å². The zero-order chi connectivity index (χ0) is 22.8. The number of hydrazone groups is 1. The number of nitrogens with one attached hydrogen (secondary N) is 1. The molecule has 0 spiro atoms. The number of fused-ring (bicyclic) bond motifs is 2. The number of thiazole rings is 1. The number of thioether (sulfide) groups is 1. The molecule has 2 amide bonds. The lowest BCUT2D eigenvalue weighted by Crippen LogP contribution is -2.50. The zero-order valence-corrected chi connectivity index (χ0v) is 19.9. The first-order chi connectivity index (χ1) is 16.1. The van der Waals surface area contributed by atoms with Gasteiger partial charge in [-0.3, -0.25) is 19.4 Å². The van der Waals surface area contributed by atoms with Gasteiger partial charge >= 0.3 is 0 Å². The lowest BCUT2D eigenvalue weighted by molar-refractivity contribution is -0.118. The Morgan fingerprint density at radius 3 is 2.70 bits per heavy atom. The van der Waals surface area contributed by atoms with Crippen molar-refractivity contribution in [3.05, 3.63) is 54.1 Å². The highest BCUT2D eigenvalue weighted by atomic mass is 32.2. The molecule has 3 heterocycles. The van der Waals surface area contributed by atoms with Crippen LogP contribution in [0.1, 0.15) is 5.56 Å². The summed E-state index contributed by atoms with van der Waals surface area (Å²) in [5, 5.41) is 4.22. The summed E-state index contributed by atoms with van der Waals surface area (Å²) in [5.74, 6) is -0.277. The SMILES string of the molecule is CN1CCN(CN2C(=O)/C(=N\NC(=O)CSc3nc4ccccc4s3)c3ccccc32)CC1. The van der Waals surface area contributed by atoms with Gasteiger partial charge in [-0.1, -0.05) is 42.1 Å².